The van der Waals surface area contributed by atoms with Crippen LogP contribution in [-0.4, -0.2) is 36.0 Å². The summed E-state index contributed by atoms with van der Waals surface area (Å²) in [6.45, 7) is 10.6. The maximum Gasteiger partial charge on any atom is 0.326 e. The lowest BCUT2D eigenvalue weighted by Crippen LogP contribution is -2.46. The Kier molecular flexibility index (Phi) is 6.51. The molecular formula is C18H26N2O4. The zero-order chi connectivity index (χ0) is 18.5. The van der Waals surface area contributed by atoms with Crippen molar-refractivity contribution in [2.45, 2.75) is 53.2 Å². The Labute approximate surface area is 143 Å². The first-order chi connectivity index (χ1) is 11.0. The molecule has 0 spiro atoms. The van der Waals surface area contributed by atoms with E-state index < -0.39 is 17.6 Å². The van der Waals surface area contributed by atoms with E-state index in [1.165, 1.54) is 6.92 Å². The highest BCUT2D eigenvalue weighted by Crippen LogP contribution is 2.09. The molecule has 0 aliphatic carbocycles. The number of aryl methyl sites for hydroxylation is 2. The molecular weight excluding hydrogens is 308 g/mol. The van der Waals surface area contributed by atoms with Crippen molar-refractivity contribution in [3.05, 3.63) is 34.9 Å². The first-order valence-electron chi connectivity index (χ1n) is 7.86. The molecule has 0 unspecified atom stereocenters. The van der Waals surface area contributed by atoms with Crippen molar-refractivity contribution in [1.29, 1.82) is 0 Å². The van der Waals surface area contributed by atoms with E-state index in [1.54, 1.807) is 12.1 Å². The summed E-state index contributed by atoms with van der Waals surface area (Å²) in [7, 11) is 0. The lowest BCUT2D eigenvalue weighted by atomic mass is 10.1. The average molecular weight is 334 g/mol. The quantitative estimate of drug-likeness (QED) is 0.805. The molecule has 0 heterocycles. The zero-order valence-corrected chi connectivity index (χ0v) is 15.1. The van der Waals surface area contributed by atoms with Gasteiger partial charge in [0.05, 0.1) is 0 Å². The van der Waals surface area contributed by atoms with Crippen LogP contribution in [-0.2, 0) is 14.3 Å². The third-order valence-corrected chi connectivity index (χ3v) is 3.34. The molecule has 0 aliphatic rings. The molecule has 2 amide bonds. The van der Waals surface area contributed by atoms with Crippen LogP contribution in [0, 0.1) is 13.8 Å². The summed E-state index contributed by atoms with van der Waals surface area (Å²) in [4.78, 5) is 35.6. The normalized spacial score (nSPS) is 12.2. The smallest absolute Gasteiger partial charge is 0.326 e. The van der Waals surface area contributed by atoms with E-state index in [0.717, 1.165) is 11.1 Å². The Morgan fingerprint density at radius 3 is 2.29 bits per heavy atom. The van der Waals surface area contributed by atoms with Crippen molar-refractivity contribution >= 4 is 17.8 Å². The zero-order valence-electron chi connectivity index (χ0n) is 15.1. The van der Waals surface area contributed by atoms with E-state index in [2.05, 4.69) is 10.6 Å². The standard InChI is InChI=1S/C18H26N2O4/c1-11-7-8-14(9-12(11)2)17(23)19-10-15(21)24-13(3)16(22)20-18(4,5)6/h7-9,13H,10H2,1-6H3,(H,19,23)(H,20,22)/t13-/m1/s1. The minimum atomic E-state index is -0.921. The monoisotopic (exact) mass is 334 g/mol. The fourth-order valence-corrected chi connectivity index (χ4v) is 1.90. The van der Waals surface area contributed by atoms with Gasteiger partial charge in [0.2, 0.25) is 0 Å². The van der Waals surface area contributed by atoms with Gasteiger partial charge in [0.1, 0.15) is 6.54 Å². The van der Waals surface area contributed by atoms with Crippen molar-refractivity contribution in [3.8, 4) is 0 Å². The maximum atomic E-state index is 12.0. The summed E-state index contributed by atoms with van der Waals surface area (Å²) in [6.07, 6.45) is -0.921. The Morgan fingerprint density at radius 1 is 1.12 bits per heavy atom. The minimum Gasteiger partial charge on any atom is -0.451 e. The van der Waals surface area contributed by atoms with Gasteiger partial charge < -0.3 is 15.4 Å². The Hall–Kier alpha value is -2.37. The third-order valence-electron chi connectivity index (χ3n) is 3.34. The second kappa shape index (κ2) is 7.95. The van der Waals surface area contributed by atoms with Gasteiger partial charge >= 0.3 is 5.97 Å². The van der Waals surface area contributed by atoms with Crippen molar-refractivity contribution in [2.75, 3.05) is 6.54 Å². The summed E-state index contributed by atoms with van der Waals surface area (Å²) in [6, 6.07) is 5.30. The highest BCUT2D eigenvalue weighted by atomic mass is 16.5. The maximum absolute atomic E-state index is 12.0. The third kappa shape index (κ3) is 6.40. The van der Waals surface area contributed by atoms with Crippen LogP contribution in [0.2, 0.25) is 0 Å². The second-order valence-corrected chi connectivity index (χ2v) is 6.85. The fraction of sp³-hybridized carbons (Fsp3) is 0.500. The van der Waals surface area contributed by atoms with Gasteiger partial charge in [-0.3, -0.25) is 14.4 Å². The number of hydrogen-bond acceptors (Lipinski definition) is 4. The molecule has 0 fully saturated rings. The minimum absolute atomic E-state index is 0.293. The number of benzene rings is 1. The molecule has 0 saturated carbocycles. The van der Waals surface area contributed by atoms with Crippen molar-refractivity contribution in [2.24, 2.45) is 0 Å². The van der Waals surface area contributed by atoms with Gasteiger partial charge in [0, 0.05) is 11.1 Å². The van der Waals surface area contributed by atoms with Crippen LogP contribution in [0.4, 0.5) is 0 Å². The van der Waals surface area contributed by atoms with E-state index >= 15 is 0 Å². The molecule has 0 aliphatic heterocycles. The molecule has 2 N–H and O–H groups in total. The molecule has 24 heavy (non-hydrogen) atoms. The molecule has 1 aromatic carbocycles. The molecule has 1 atom stereocenters. The lowest BCUT2D eigenvalue weighted by molar-refractivity contribution is -0.154. The van der Waals surface area contributed by atoms with Crippen molar-refractivity contribution < 1.29 is 19.1 Å². The number of esters is 1. The molecule has 6 heteroatoms. The molecule has 0 bridgehead atoms. The number of nitrogens with one attached hydrogen (secondary N) is 2. The number of amides is 2. The summed E-state index contributed by atoms with van der Waals surface area (Å²) >= 11 is 0. The summed E-state index contributed by atoms with van der Waals surface area (Å²) in [5, 5.41) is 5.22. The highest BCUT2D eigenvalue weighted by molar-refractivity contribution is 5.96. The van der Waals surface area contributed by atoms with Gasteiger partial charge in [-0.15, -0.1) is 0 Å². The molecule has 1 rings (SSSR count). The van der Waals surface area contributed by atoms with E-state index in [9.17, 15) is 14.4 Å². The first-order valence-corrected chi connectivity index (χ1v) is 7.86. The first kappa shape index (κ1) is 19.7. The Morgan fingerprint density at radius 2 is 1.75 bits per heavy atom. The summed E-state index contributed by atoms with van der Waals surface area (Å²) in [5.74, 6) is -1.40. The van der Waals surface area contributed by atoms with Crippen molar-refractivity contribution in [3.63, 3.8) is 0 Å². The van der Waals surface area contributed by atoms with Gasteiger partial charge in [-0.25, -0.2) is 0 Å². The molecule has 1 aromatic rings. The molecule has 0 aromatic heterocycles. The van der Waals surface area contributed by atoms with Gasteiger partial charge in [0.25, 0.3) is 11.8 Å². The van der Waals surface area contributed by atoms with Crippen LogP contribution >= 0.6 is 0 Å². The van der Waals surface area contributed by atoms with Gasteiger partial charge in [-0.1, -0.05) is 6.07 Å². The van der Waals surface area contributed by atoms with E-state index in [0.29, 0.717) is 5.56 Å². The van der Waals surface area contributed by atoms with Crippen LogP contribution in [0.3, 0.4) is 0 Å². The Bertz CT molecular complexity index is 632. The summed E-state index contributed by atoms with van der Waals surface area (Å²) < 4.78 is 5.02. The van der Waals surface area contributed by atoms with Crippen LogP contribution in [0.25, 0.3) is 0 Å². The Balaban J connectivity index is 2.49. The number of carbonyl (C=O) groups is 3. The van der Waals surface area contributed by atoms with Crippen LogP contribution < -0.4 is 10.6 Å². The largest absolute Gasteiger partial charge is 0.451 e. The predicted octanol–water partition coefficient (Wildman–Crippen LogP) is 1.88. The summed E-state index contributed by atoms with van der Waals surface area (Å²) in [5.41, 5.74) is 2.15. The lowest BCUT2D eigenvalue weighted by Gasteiger charge is -2.23. The number of carbonyl (C=O) groups excluding carboxylic acids is 3. The molecule has 6 nitrogen and oxygen atoms in total. The highest BCUT2D eigenvalue weighted by Gasteiger charge is 2.22. The van der Waals surface area contributed by atoms with Crippen LogP contribution in [0.5, 0.6) is 0 Å². The molecule has 0 radical (unpaired) electrons. The fourth-order valence-electron chi connectivity index (χ4n) is 1.90. The van der Waals surface area contributed by atoms with E-state index in [-0.39, 0.29) is 18.4 Å². The molecule has 0 saturated heterocycles. The number of ether oxygens (including phenoxy) is 1. The van der Waals surface area contributed by atoms with Crippen molar-refractivity contribution in [1.82, 2.24) is 10.6 Å². The average Bonchev–Trinajstić information content (AvgIpc) is 2.45. The SMILES string of the molecule is Cc1ccc(C(=O)NCC(=O)O[C@H](C)C(=O)NC(C)(C)C)cc1C. The van der Waals surface area contributed by atoms with Crippen LogP contribution in [0.1, 0.15) is 49.2 Å². The number of rotatable bonds is 5. The van der Waals surface area contributed by atoms with Gasteiger partial charge in [0.15, 0.2) is 6.10 Å². The van der Waals surface area contributed by atoms with Crippen LogP contribution in [0.15, 0.2) is 18.2 Å². The van der Waals surface area contributed by atoms with Gasteiger partial charge in [-0.2, -0.15) is 0 Å². The number of hydrogen-bond donors (Lipinski definition) is 2. The van der Waals surface area contributed by atoms with Gasteiger partial charge in [-0.05, 0) is 64.8 Å². The topological polar surface area (TPSA) is 84.5 Å². The predicted molar refractivity (Wildman–Crippen MR) is 91.7 cm³/mol. The van der Waals surface area contributed by atoms with E-state index in [4.69, 9.17) is 4.74 Å². The molecule has 132 valence electrons. The van der Waals surface area contributed by atoms with E-state index in [1.807, 2.05) is 40.7 Å². The second-order valence-electron chi connectivity index (χ2n) is 6.85.